The normalized spacial score (nSPS) is 15.2. The Morgan fingerprint density at radius 2 is 1.58 bits per heavy atom. The standard InChI is InChI=1S/C19H28N2O3/c1-5-18(22)20-7-6-8-21(10-9-20)19(23)13-16-11-14(2)15(3)12-17(16)24-4/h11-12H,5-10,13H2,1-4H3. The molecule has 0 atom stereocenters. The third-order valence-corrected chi connectivity index (χ3v) is 4.74. The van der Waals surface area contributed by atoms with Crippen LogP contribution in [0.3, 0.4) is 0 Å². The van der Waals surface area contributed by atoms with Crippen LogP contribution in [0.2, 0.25) is 0 Å². The molecule has 5 heteroatoms. The van der Waals surface area contributed by atoms with Crippen molar-refractivity contribution in [3.63, 3.8) is 0 Å². The molecule has 1 aliphatic rings. The van der Waals surface area contributed by atoms with E-state index in [1.54, 1.807) is 7.11 Å². The number of aryl methyl sites for hydroxylation is 2. The molecule has 1 aliphatic heterocycles. The van der Waals surface area contributed by atoms with Crippen molar-refractivity contribution in [2.75, 3.05) is 33.3 Å². The van der Waals surface area contributed by atoms with Crippen LogP contribution in [0.25, 0.3) is 0 Å². The minimum atomic E-state index is 0.0994. The smallest absolute Gasteiger partial charge is 0.227 e. The van der Waals surface area contributed by atoms with E-state index in [0.29, 0.717) is 32.5 Å². The summed E-state index contributed by atoms with van der Waals surface area (Å²) in [4.78, 5) is 28.3. The molecule has 1 heterocycles. The molecule has 5 nitrogen and oxygen atoms in total. The second-order valence-corrected chi connectivity index (χ2v) is 6.39. The van der Waals surface area contributed by atoms with Crippen LogP contribution in [0, 0.1) is 13.8 Å². The summed E-state index contributed by atoms with van der Waals surface area (Å²) >= 11 is 0. The molecule has 0 aromatic heterocycles. The molecule has 0 aliphatic carbocycles. The van der Waals surface area contributed by atoms with E-state index in [9.17, 15) is 9.59 Å². The number of methoxy groups -OCH3 is 1. The lowest BCUT2D eigenvalue weighted by Crippen LogP contribution is -2.37. The van der Waals surface area contributed by atoms with Crippen molar-refractivity contribution in [1.29, 1.82) is 0 Å². The zero-order valence-corrected chi connectivity index (χ0v) is 15.2. The van der Waals surface area contributed by atoms with Crippen LogP contribution in [0.15, 0.2) is 12.1 Å². The molecule has 0 spiro atoms. The van der Waals surface area contributed by atoms with Crippen LogP contribution in [0.5, 0.6) is 5.75 Å². The van der Waals surface area contributed by atoms with Gasteiger partial charge in [0.1, 0.15) is 5.75 Å². The van der Waals surface area contributed by atoms with E-state index in [4.69, 9.17) is 4.74 Å². The summed E-state index contributed by atoms with van der Waals surface area (Å²) in [5.41, 5.74) is 3.25. The summed E-state index contributed by atoms with van der Waals surface area (Å²) in [7, 11) is 1.64. The SMILES string of the molecule is CCC(=O)N1CCCN(C(=O)Cc2cc(C)c(C)cc2OC)CC1. The Balaban J connectivity index is 2.05. The number of carbonyl (C=O) groups excluding carboxylic acids is 2. The second-order valence-electron chi connectivity index (χ2n) is 6.39. The average molecular weight is 332 g/mol. The zero-order chi connectivity index (χ0) is 17.7. The van der Waals surface area contributed by atoms with Gasteiger partial charge in [0, 0.05) is 38.2 Å². The number of rotatable bonds is 4. The molecule has 1 aromatic rings. The van der Waals surface area contributed by atoms with Gasteiger partial charge in [-0.1, -0.05) is 13.0 Å². The summed E-state index contributed by atoms with van der Waals surface area (Å²) in [6, 6.07) is 4.03. The van der Waals surface area contributed by atoms with Gasteiger partial charge in [0.2, 0.25) is 11.8 Å². The highest BCUT2D eigenvalue weighted by atomic mass is 16.5. The minimum absolute atomic E-state index is 0.0994. The molecule has 0 radical (unpaired) electrons. The number of benzene rings is 1. The topological polar surface area (TPSA) is 49.9 Å². The van der Waals surface area contributed by atoms with E-state index < -0.39 is 0 Å². The lowest BCUT2D eigenvalue weighted by atomic mass is 10.0. The number of hydrogen-bond acceptors (Lipinski definition) is 3. The summed E-state index contributed by atoms with van der Waals surface area (Å²) in [6.45, 7) is 8.64. The number of hydrogen-bond donors (Lipinski definition) is 0. The van der Waals surface area contributed by atoms with E-state index in [-0.39, 0.29) is 11.8 Å². The first-order valence-electron chi connectivity index (χ1n) is 8.66. The molecule has 0 saturated carbocycles. The van der Waals surface area contributed by atoms with Crippen molar-refractivity contribution in [3.8, 4) is 5.75 Å². The van der Waals surface area contributed by atoms with Crippen LogP contribution < -0.4 is 4.74 Å². The summed E-state index contributed by atoms with van der Waals surface area (Å²) in [6.07, 6.45) is 1.70. The molecule has 24 heavy (non-hydrogen) atoms. The predicted octanol–water partition coefficient (Wildman–Crippen LogP) is 2.33. The third kappa shape index (κ3) is 4.28. The predicted molar refractivity (Wildman–Crippen MR) is 94.2 cm³/mol. The Kier molecular flexibility index (Phi) is 6.23. The molecule has 1 fully saturated rings. The highest BCUT2D eigenvalue weighted by Crippen LogP contribution is 2.24. The Labute approximate surface area is 144 Å². The van der Waals surface area contributed by atoms with Gasteiger partial charge in [0.25, 0.3) is 0 Å². The van der Waals surface area contributed by atoms with E-state index in [1.807, 2.05) is 42.7 Å². The summed E-state index contributed by atoms with van der Waals surface area (Å²) in [5, 5.41) is 0. The molecular weight excluding hydrogens is 304 g/mol. The lowest BCUT2D eigenvalue weighted by molar-refractivity contribution is -0.133. The fraction of sp³-hybridized carbons (Fsp3) is 0.579. The Bertz CT molecular complexity index is 613. The largest absolute Gasteiger partial charge is 0.496 e. The van der Waals surface area contributed by atoms with Crippen LogP contribution in [0.4, 0.5) is 0 Å². The van der Waals surface area contributed by atoms with Crippen LogP contribution in [0.1, 0.15) is 36.5 Å². The van der Waals surface area contributed by atoms with Crippen LogP contribution in [-0.2, 0) is 16.0 Å². The molecule has 2 amide bonds. The Hall–Kier alpha value is -2.04. The van der Waals surface area contributed by atoms with Gasteiger partial charge in [-0.3, -0.25) is 9.59 Å². The number of carbonyl (C=O) groups is 2. The first-order valence-corrected chi connectivity index (χ1v) is 8.66. The molecule has 1 saturated heterocycles. The van der Waals surface area contributed by atoms with Crippen molar-refractivity contribution in [1.82, 2.24) is 9.80 Å². The van der Waals surface area contributed by atoms with E-state index in [0.717, 1.165) is 35.4 Å². The van der Waals surface area contributed by atoms with Gasteiger partial charge >= 0.3 is 0 Å². The molecule has 1 aromatic carbocycles. The quantitative estimate of drug-likeness (QED) is 0.850. The first kappa shape index (κ1) is 18.3. The second kappa shape index (κ2) is 8.18. The summed E-state index contributed by atoms with van der Waals surface area (Å²) in [5.74, 6) is 1.03. The van der Waals surface area contributed by atoms with Gasteiger partial charge in [-0.2, -0.15) is 0 Å². The monoisotopic (exact) mass is 332 g/mol. The average Bonchev–Trinajstić information content (AvgIpc) is 2.83. The maximum Gasteiger partial charge on any atom is 0.227 e. The third-order valence-electron chi connectivity index (χ3n) is 4.74. The van der Waals surface area contributed by atoms with Gasteiger partial charge in [-0.05, 0) is 37.5 Å². The van der Waals surface area contributed by atoms with Gasteiger partial charge in [-0.25, -0.2) is 0 Å². The Morgan fingerprint density at radius 1 is 1.00 bits per heavy atom. The van der Waals surface area contributed by atoms with Crippen molar-refractivity contribution in [2.24, 2.45) is 0 Å². The van der Waals surface area contributed by atoms with Crippen molar-refractivity contribution in [3.05, 3.63) is 28.8 Å². The van der Waals surface area contributed by atoms with Gasteiger partial charge in [0.15, 0.2) is 0 Å². The fourth-order valence-electron chi connectivity index (χ4n) is 3.09. The van der Waals surface area contributed by atoms with E-state index in [2.05, 4.69) is 0 Å². The Morgan fingerprint density at radius 3 is 2.17 bits per heavy atom. The van der Waals surface area contributed by atoms with Gasteiger partial charge in [-0.15, -0.1) is 0 Å². The number of ether oxygens (including phenoxy) is 1. The fourth-order valence-corrected chi connectivity index (χ4v) is 3.09. The highest BCUT2D eigenvalue weighted by molar-refractivity contribution is 5.80. The number of nitrogens with zero attached hydrogens (tertiary/aromatic N) is 2. The summed E-state index contributed by atoms with van der Waals surface area (Å²) < 4.78 is 5.43. The highest BCUT2D eigenvalue weighted by Gasteiger charge is 2.22. The van der Waals surface area contributed by atoms with Gasteiger partial charge < -0.3 is 14.5 Å². The molecule has 132 valence electrons. The van der Waals surface area contributed by atoms with E-state index in [1.165, 1.54) is 0 Å². The molecular formula is C19H28N2O3. The zero-order valence-electron chi connectivity index (χ0n) is 15.2. The van der Waals surface area contributed by atoms with Crippen molar-refractivity contribution >= 4 is 11.8 Å². The van der Waals surface area contributed by atoms with Gasteiger partial charge in [0.05, 0.1) is 13.5 Å². The van der Waals surface area contributed by atoms with Crippen LogP contribution >= 0.6 is 0 Å². The van der Waals surface area contributed by atoms with Crippen LogP contribution in [-0.4, -0.2) is 54.9 Å². The maximum absolute atomic E-state index is 12.7. The maximum atomic E-state index is 12.7. The minimum Gasteiger partial charge on any atom is -0.496 e. The molecule has 0 bridgehead atoms. The number of amides is 2. The molecule has 0 unspecified atom stereocenters. The molecule has 0 N–H and O–H groups in total. The first-order chi connectivity index (χ1) is 11.5. The van der Waals surface area contributed by atoms with E-state index >= 15 is 0 Å². The lowest BCUT2D eigenvalue weighted by Gasteiger charge is -2.22. The van der Waals surface area contributed by atoms with Crippen molar-refractivity contribution < 1.29 is 14.3 Å². The van der Waals surface area contributed by atoms with Crippen molar-refractivity contribution in [2.45, 2.75) is 40.0 Å². The molecule has 2 rings (SSSR count).